The van der Waals surface area contributed by atoms with E-state index in [0.29, 0.717) is 11.5 Å². The van der Waals surface area contributed by atoms with Crippen molar-refractivity contribution in [2.24, 2.45) is 0 Å². The molecule has 2 rings (SSSR count). The molecule has 0 amide bonds. The maximum atomic E-state index is 10.7. The summed E-state index contributed by atoms with van der Waals surface area (Å²) in [6.07, 6.45) is 1.94. The van der Waals surface area contributed by atoms with E-state index >= 15 is 0 Å². The molecule has 0 radical (unpaired) electrons. The van der Waals surface area contributed by atoms with Crippen molar-refractivity contribution in [1.82, 2.24) is 5.32 Å². The smallest absolute Gasteiger partial charge is 0.153 e. The zero-order valence-electron chi connectivity index (χ0n) is 7.67. The number of aldehydes is 1. The Morgan fingerprint density at radius 1 is 1.69 bits per heavy atom. The lowest BCUT2D eigenvalue weighted by Gasteiger charge is -2.04. The summed E-state index contributed by atoms with van der Waals surface area (Å²) in [7, 11) is 0. The summed E-state index contributed by atoms with van der Waals surface area (Å²) in [5.74, 6) is 2.07. The van der Waals surface area contributed by atoms with Gasteiger partial charge >= 0.3 is 0 Å². The molecule has 1 aliphatic heterocycles. The summed E-state index contributed by atoms with van der Waals surface area (Å²) in [5.41, 5.74) is 0.714. The van der Waals surface area contributed by atoms with Crippen molar-refractivity contribution < 1.29 is 9.21 Å². The molecule has 1 aromatic rings. The Kier molecular flexibility index (Phi) is 2.19. The van der Waals surface area contributed by atoms with E-state index in [9.17, 15) is 4.79 Å². The average molecular weight is 179 g/mol. The highest BCUT2D eigenvalue weighted by Gasteiger charge is 2.23. The van der Waals surface area contributed by atoms with Gasteiger partial charge in [0.25, 0.3) is 0 Å². The fraction of sp³-hybridized carbons (Fsp3) is 0.500. The number of hydrogen-bond donors (Lipinski definition) is 1. The molecule has 1 aromatic heterocycles. The highest BCUT2D eigenvalue weighted by atomic mass is 16.3. The molecule has 0 aromatic carbocycles. The van der Waals surface area contributed by atoms with E-state index in [4.69, 9.17) is 4.42 Å². The molecular formula is C10H13NO2. The molecule has 0 aliphatic carbocycles. The molecule has 0 saturated carbocycles. The fourth-order valence-electron chi connectivity index (χ4n) is 1.84. The van der Waals surface area contributed by atoms with Gasteiger partial charge in [0, 0.05) is 12.5 Å². The molecular weight excluding hydrogens is 166 g/mol. The van der Waals surface area contributed by atoms with Crippen LogP contribution in [0.5, 0.6) is 0 Å². The summed E-state index contributed by atoms with van der Waals surface area (Å²) in [6.45, 7) is 3.81. The first kappa shape index (κ1) is 8.51. The maximum absolute atomic E-state index is 10.7. The molecule has 1 saturated heterocycles. The van der Waals surface area contributed by atoms with Gasteiger partial charge in [0.05, 0.1) is 5.56 Å². The topological polar surface area (TPSA) is 42.2 Å². The van der Waals surface area contributed by atoms with Crippen LogP contribution in [0, 0.1) is 6.92 Å². The van der Waals surface area contributed by atoms with Gasteiger partial charge in [-0.25, -0.2) is 0 Å². The van der Waals surface area contributed by atoms with Crippen molar-refractivity contribution in [1.29, 1.82) is 0 Å². The molecule has 0 spiro atoms. The molecule has 3 nitrogen and oxygen atoms in total. The number of carbonyl (C=O) groups is 1. The minimum Gasteiger partial charge on any atom is -0.465 e. The molecule has 3 heteroatoms. The molecule has 1 atom stereocenters. The second-order valence-corrected chi connectivity index (χ2v) is 3.48. The van der Waals surface area contributed by atoms with Gasteiger partial charge in [-0.15, -0.1) is 0 Å². The van der Waals surface area contributed by atoms with Crippen molar-refractivity contribution in [2.45, 2.75) is 19.3 Å². The molecule has 1 N–H and O–H groups in total. The van der Waals surface area contributed by atoms with E-state index < -0.39 is 0 Å². The van der Waals surface area contributed by atoms with Crippen LogP contribution in [0.15, 0.2) is 10.5 Å². The van der Waals surface area contributed by atoms with Gasteiger partial charge in [-0.05, 0) is 26.0 Å². The first-order valence-corrected chi connectivity index (χ1v) is 4.57. The normalized spacial score (nSPS) is 22.1. The Morgan fingerprint density at radius 2 is 2.54 bits per heavy atom. The van der Waals surface area contributed by atoms with Gasteiger partial charge < -0.3 is 9.73 Å². The molecule has 0 bridgehead atoms. The third-order valence-corrected chi connectivity index (χ3v) is 2.47. The van der Waals surface area contributed by atoms with Crippen molar-refractivity contribution in [2.75, 3.05) is 13.1 Å². The maximum Gasteiger partial charge on any atom is 0.153 e. The molecule has 2 heterocycles. The lowest BCUT2D eigenvalue weighted by Crippen LogP contribution is -2.08. The van der Waals surface area contributed by atoms with Crippen LogP contribution in [0.4, 0.5) is 0 Å². The minimum atomic E-state index is 0.383. The first-order valence-electron chi connectivity index (χ1n) is 4.57. The predicted molar refractivity (Wildman–Crippen MR) is 49.1 cm³/mol. The highest BCUT2D eigenvalue weighted by molar-refractivity contribution is 5.76. The predicted octanol–water partition coefficient (Wildman–Crippen LogP) is 1.48. The second-order valence-electron chi connectivity index (χ2n) is 3.48. The van der Waals surface area contributed by atoms with Gasteiger partial charge in [-0.1, -0.05) is 0 Å². The zero-order valence-corrected chi connectivity index (χ0v) is 7.67. The Balaban J connectivity index is 2.31. The van der Waals surface area contributed by atoms with E-state index in [1.807, 2.05) is 6.92 Å². The Morgan fingerprint density at radius 3 is 3.15 bits per heavy atom. The lowest BCUT2D eigenvalue weighted by molar-refractivity contribution is 0.112. The van der Waals surface area contributed by atoms with Crippen LogP contribution in [-0.4, -0.2) is 19.4 Å². The minimum absolute atomic E-state index is 0.383. The monoisotopic (exact) mass is 179 g/mol. The van der Waals surface area contributed by atoms with Crippen LogP contribution < -0.4 is 5.32 Å². The molecule has 1 aliphatic rings. The Hall–Kier alpha value is -1.09. The van der Waals surface area contributed by atoms with E-state index in [0.717, 1.165) is 37.3 Å². The zero-order chi connectivity index (χ0) is 9.26. The Bertz CT molecular complexity index is 311. The molecule has 70 valence electrons. The summed E-state index contributed by atoms with van der Waals surface area (Å²) in [4.78, 5) is 10.7. The second kappa shape index (κ2) is 3.34. The molecule has 13 heavy (non-hydrogen) atoms. The number of aryl methyl sites for hydroxylation is 1. The van der Waals surface area contributed by atoms with Crippen molar-refractivity contribution >= 4 is 6.29 Å². The average Bonchev–Trinajstić information content (AvgIpc) is 2.71. The number of nitrogens with one attached hydrogen (secondary N) is 1. The van der Waals surface area contributed by atoms with E-state index in [-0.39, 0.29) is 0 Å². The van der Waals surface area contributed by atoms with Gasteiger partial charge in [-0.3, -0.25) is 4.79 Å². The fourth-order valence-corrected chi connectivity index (χ4v) is 1.84. The van der Waals surface area contributed by atoms with Crippen LogP contribution in [0.25, 0.3) is 0 Å². The summed E-state index contributed by atoms with van der Waals surface area (Å²) < 4.78 is 5.52. The number of rotatable bonds is 2. The van der Waals surface area contributed by atoms with Gasteiger partial charge in [0.1, 0.15) is 11.5 Å². The van der Waals surface area contributed by atoms with Gasteiger partial charge in [-0.2, -0.15) is 0 Å². The quantitative estimate of drug-likeness (QED) is 0.699. The van der Waals surface area contributed by atoms with Gasteiger partial charge in [0.15, 0.2) is 6.29 Å². The van der Waals surface area contributed by atoms with E-state index in [2.05, 4.69) is 5.32 Å². The number of furan rings is 1. The third-order valence-electron chi connectivity index (χ3n) is 2.47. The summed E-state index contributed by atoms with van der Waals surface area (Å²) in [5, 5.41) is 3.26. The molecule has 1 fully saturated rings. The first-order chi connectivity index (χ1) is 6.31. The van der Waals surface area contributed by atoms with Crippen molar-refractivity contribution in [3.8, 4) is 0 Å². The van der Waals surface area contributed by atoms with Crippen LogP contribution >= 0.6 is 0 Å². The number of hydrogen-bond acceptors (Lipinski definition) is 3. The SMILES string of the molecule is Cc1cc(C=O)c(C2CCNC2)o1. The van der Waals surface area contributed by atoms with Crippen LogP contribution in [0.3, 0.4) is 0 Å². The summed E-state index contributed by atoms with van der Waals surface area (Å²) in [6, 6.07) is 1.81. The Labute approximate surface area is 77.1 Å². The standard InChI is InChI=1S/C10H13NO2/c1-7-4-9(6-12)10(13-7)8-2-3-11-5-8/h4,6,8,11H,2-3,5H2,1H3. The van der Waals surface area contributed by atoms with E-state index in [1.54, 1.807) is 6.07 Å². The number of carbonyl (C=O) groups excluding carboxylic acids is 1. The third kappa shape index (κ3) is 1.52. The van der Waals surface area contributed by atoms with Crippen LogP contribution in [0.2, 0.25) is 0 Å². The highest BCUT2D eigenvalue weighted by Crippen LogP contribution is 2.27. The van der Waals surface area contributed by atoms with Crippen molar-refractivity contribution in [3.63, 3.8) is 0 Å². The van der Waals surface area contributed by atoms with Crippen LogP contribution in [-0.2, 0) is 0 Å². The largest absolute Gasteiger partial charge is 0.465 e. The van der Waals surface area contributed by atoms with E-state index in [1.165, 1.54) is 0 Å². The molecule has 1 unspecified atom stereocenters. The van der Waals surface area contributed by atoms with Crippen LogP contribution in [0.1, 0.15) is 34.2 Å². The summed E-state index contributed by atoms with van der Waals surface area (Å²) >= 11 is 0. The lowest BCUT2D eigenvalue weighted by atomic mass is 10.0. The van der Waals surface area contributed by atoms with Gasteiger partial charge in [0.2, 0.25) is 0 Å². The van der Waals surface area contributed by atoms with Crippen molar-refractivity contribution in [3.05, 3.63) is 23.2 Å².